The molecular weight excluding hydrogens is 382 g/mol. The zero-order valence-electron chi connectivity index (χ0n) is 16.6. The van der Waals surface area contributed by atoms with E-state index >= 15 is 0 Å². The Morgan fingerprint density at radius 1 is 1.29 bits per heavy atom. The highest BCUT2D eigenvalue weighted by atomic mass is 32.2. The molecular formula is C18H29N5O4S. The van der Waals surface area contributed by atoms with E-state index in [-0.39, 0.29) is 10.9 Å². The van der Waals surface area contributed by atoms with E-state index in [2.05, 4.69) is 31.8 Å². The Morgan fingerprint density at radius 3 is 2.71 bits per heavy atom. The van der Waals surface area contributed by atoms with Crippen LogP contribution < -0.4 is 19.5 Å². The summed E-state index contributed by atoms with van der Waals surface area (Å²) in [4.78, 5) is 9.11. The Kier molecular flexibility index (Phi) is 6.63. The average Bonchev–Trinajstić information content (AvgIpc) is 3.15. The zero-order chi connectivity index (χ0) is 20.1. The molecule has 1 saturated heterocycles. The fourth-order valence-corrected chi connectivity index (χ4v) is 4.66. The number of methoxy groups -OCH3 is 2. The fraction of sp³-hybridized carbons (Fsp3) is 0.611. The van der Waals surface area contributed by atoms with Gasteiger partial charge in [-0.25, -0.2) is 18.1 Å². The zero-order valence-corrected chi connectivity index (χ0v) is 17.5. The van der Waals surface area contributed by atoms with Crippen LogP contribution in [0, 0.1) is 0 Å². The number of hydrogen-bond donors (Lipinski definition) is 2. The van der Waals surface area contributed by atoms with Gasteiger partial charge in [0.25, 0.3) is 10.0 Å². The Morgan fingerprint density at radius 2 is 2.07 bits per heavy atom. The van der Waals surface area contributed by atoms with Crippen molar-refractivity contribution in [3.05, 3.63) is 18.2 Å². The van der Waals surface area contributed by atoms with E-state index < -0.39 is 10.0 Å². The lowest BCUT2D eigenvalue weighted by Crippen LogP contribution is -2.52. The van der Waals surface area contributed by atoms with Crippen LogP contribution in [0.25, 0.3) is 0 Å². The van der Waals surface area contributed by atoms with Gasteiger partial charge in [0.15, 0.2) is 11.5 Å². The highest BCUT2D eigenvalue weighted by Gasteiger charge is 2.27. The Hall–Kier alpha value is -2.04. The number of guanidine groups is 1. The molecule has 28 heavy (non-hydrogen) atoms. The second-order valence-corrected chi connectivity index (χ2v) is 8.57. The van der Waals surface area contributed by atoms with E-state index in [1.165, 1.54) is 39.2 Å². The Balaban J connectivity index is 1.61. The summed E-state index contributed by atoms with van der Waals surface area (Å²) < 4.78 is 38.2. The van der Waals surface area contributed by atoms with Gasteiger partial charge in [-0.3, -0.25) is 9.80 Å². The molecule has 2 heterocycles. The van der Waals surface area contributed by atoms with Gasteiger partial charge in [0.1, 0.15) is 0 Å². The molecule has 2 aliphatic heterocycles. The first-order valence-electron chi connectivity index (χ1n) is 9.46. The number of benzene rings is 1. The monoisotopic (exact) mass is 411 g/mol. The standard InChI is InChI=1S/C18H29N5O4S/c1-4-23-9-5-6-14(23)11-22-12-19-18(20-13-22)21-28(24,25)15-7-8-16(26-2)17(10-15)27-3/h7-8,10,14H,4-6,9,11-13H2,1-3H3,(H2,19,20,21). The predicted octanol–water partition coefficient (Wildman–Crippen LogP) is 0.643. The molecule has 0 aliphatic carbocycles. The smallest absolute Gasteiger partial charge is 0.264 e. The first-order valence-corrected chi connectivity index (χ1v) is 10.9. The number of aliphatic imine (C=N–C) groups is 1. The number of likely N-dealkylation sites (N-methyl/N-ethyl adjacent to an activating group) is 1. The third-order valence-electron chi connectivity index (χ3n) is 5.17. The predicted molar refractivity (Wildman–Crippen MR) is 107 cm³/mol. The maximum atomic E-state index is 12.7. The van der Waals surface area contributed by atoms with Crippen molar-refractivity contribution in [2.75, 3.05) is 47.2 Å². The number of ether oxygens (including phenoxy) is 2. The molecule has 0 radical (unpaired) electrons. The summed E-state index contributed by atoms with van der Waals surface area (Å²) in [6.45, 7) is 6.35. The van der Waals surface area contributed by atoms with E-state index in [0.717, 1.165) is 19.6 Å². The molecule has 0 amide bonds. The van der Waals surface area contributed by atoms with Crippen LogP contribution in [0.4, 0.5) is 0 Å². The fourth-order valence-electron chi connectivity index (χ4n) is 3.64. The number of nitrogens with one attached hydrogen (secondary N) is 2. The van der Waals surface area contributed by atoms with Crippen molar-refractivity contribution >= 4 is 16.0 Å². The number of likely N-dealkylation sites (tertiary alicyclic amines) is 1. The molecule has 1 atom stereocenters. The van der Waals surface area contributed by atoms with E-state index in [9.17, 15) is 8.42 Å². The number of nitrogens with zero attached hydrogens (tertiary/aromatic N) is 3. The van der Waals surface area contributed by atoms with Gasteiger partial charge in [0.2, 0.25) is 5.96 Å². The van der Waals surface area contributed by atoms with E-state index in [0.29, 0.717) is 30.9 Å². The topological polar surface area (TPSA) is 95.5 Å². The van der Waals surface area contributed by atoms with Crippen LogP contribution in [0.15, 0.2) is 28.1 Å². The van der Waals surface area contributed by atoms with Crippen LogP contribution in [0.2, 0.25) is 0 Å². The summed E-state index contributed by atoms with van der Waals surface area (Å²) >= 11 is 0. The highest BCUT2D eigenvalue weighted by Crippen LogP contribution is 2.29. The molecule has 2 N–H and O–H groups in total. The summed E-state index contributed by atoms with van der Waals surface area (Å²) in [6, 6.07) is 5.01. The van der Waals surface area contributed by atoms with Gasteiger partial charge >= 0.3 is 0 Å². The molecule has 9 nitrogen and oxygen atoms in total. The maximum Gasteiger partial charge on any atom is 0.264 e. The Labute approximate surface area is 166 Å². The van der Waals surface area contributed by atoms with Crippen LogP contribution in [0.1, 0.15) is 19.8 Å². The first-order chi connectivity index (χ1) is 13.5. The molecule has 0 bridgehead atoms. The second-order valence-electron chi connectivity index (χ2n) is 6.88. The van der Waals surface area contributed by atoms with Crippen LogP contribution in [0.5, 0.6) is 11.5 Å². The van der Waals surface area contributed by atoms with Crippen molar-refractivity contribution in [2.45, 2.75) is 30.7 Å². The van der Waals surface area contributed by atoms with Crippen molar-refractivity contribution in [1.82, 2.24) is 19.8 Å². The minimum atomic E-state index is -3.78. The third kappa shape index (κ3) is 4.68. The largest absolute Gasteiger partial charge is 0.493 e. The second kappa shape index (κ2) is 8.97. The summed E-state index contributed by atoms with van der Waals surface area (Å²) in [7, 11) is -0.808. The van der Waals surface area contributed by atoms with Gasteiger partial charge in [-0.05, 0) is 38.1 Å². The van der Waals surface area contributed by atoms with Crippen molar-refractivity contribution in [2.24, 2.45) is 4.99 Å². The van der Waals surface area contributed by atoms with Gasteiger partial charge in [-0.1, -0.05) is 6.92 Å². The van der Waals surface area contributed by atoms with Crippen molar-refractivity contribution < 1.29 is 17.9 Å². The summed E-state index contributed by atoms with van der Waals surface area (Å²) in [5, 5.41) is 3.06. The van der Waals surface area contributed by atoms with Crippen molar-refractivity contribution in [1.29, 1.82) is 0 Å². The molecule has 2 aliphatic rings. The average molecular weight is 412 g/mol. The summed E-state index contributed by atoms with van der Waals surface area (Å²) in [5.41, 5.74) is 0. The minimum Gasteiger partial charge on any atom is -0.493 e. The quantitative estimate of drug-likeness (QED) is 0.680. The minimum absolute atomic E-state index is 0.0848. The molecule has 1 aromatic rings. The van der Waals surface area contributed by atoms with Crippen LogP contribution >= 0.6 is 0 Å². The SMILES string of the molecule is CCN1CCCC1CN1CN=C(NS(=O)(=O)c2ccc(OC)c(OC)c2)NC1. The molecule has 1 aromatic carbocycles. The molecule has 0 saturated carbocycles. The van der Waals surface area contributed by atoms with Gasteiger partial charge in [0.05, 0.1) is 32.5 Å². The highest BCUT2D eigenvalue weighted by molar-refractivity contribution is 7.90. The molecule has 156 valence electrons. The molecule has 1 unspecified atom stereocenters. The van der Waals surface area contributed by atoms with Crippen LogP contribution in [0.3, 0.4) is 0 Å². The number of sulfonamides is 1. The lowest BCUT2D eigenvalue weighted by Gasteiger charge is -2.32. The molecule has 0 spiro atoms. The third-order valence-corrected chi connectivity index (χ3v) is 6.51. The molecule has 0 aromatic heterocycles. The van der Waals surface area contributed by atoms with Crippen molar-refractivity contribution in [3.63, 3.8) is 0 Å². The lowest BCUT2D eigenvalue weighted by molar-refractivity contribution is 0.172. The van der Waals surface area contributed by atoms with Crippen LogP contribution in [-0.2, 0) is 10.0 Å². The van der Waals surface area contributed by atoms with Gasteiger partial charge < -0.3 is 14.8 Å². The first kappa shape index (κ1) is 20.7. The van der Waals surface area contributed by atoms with E-state index in [4.69, 9.17) is 9.47 Å². The van der Waals surface area contributed by atoms with E-state index in [1.54, 1.807) is 6.07 Å². The Bertz CT molecular complexity index is 814. The molecule has 10 heteroatoms. The lowest BCUT2D eigenvalue weighted by atomic mass is 10.2. The number of rotatable bonds is 7. The number of hydrogen-bond acceptors (Lipinski definition) is 8. The van der Waals surface area contributed by atoms with Gasteiger partial charge in [0, 0.05) is 18.7 Å². The molecule has 1 fully saturated rings. The van der Waals surface area contributed by atoms with Gasteiger partial charge in [-0.15, -0.1) is 0 Å². The van der Waals surface area contributed by atoms with Gasteiger partial charge in [-0.2, -0.15) is 0 Å². The maximum absolute atomic E-state index is 12.7. The molecule has 3 rings (SSSR count). The van der Waals surface area contributed by atoms with E-state index in [1.807, 2.05) is 0 Å². The van der Waals surface area contributed by atoms with Crippen molar-refractivity contribution in [3.8, 4) is 11.5 Å². The normalized spacial score (nSPS) is 21.1. The summed E-state index contributed by atoms with van der Waals surface area (Å²) in [5.74, 6) is 1.08. The van der Waals surface area contributed by atoms with Crippen LogP contribution in [-0.4, -0.2) is 77.4 Å². The summed E-state index contributed by atoms with van der Waals surface area (Å²) in [6.07, 6.45) is 2.44.